The van der Waals surface area contributed by atoms with Crippen LogP contribution in [0.15, 0.2) is 35.7 Å². The van der Waals surface area contributed by atoms with Crippen LogP contribution < -0.4 is 0 Å². The Labute approximate surface area is 155 Å². The maximum absolute atomic E-state index is 13.0. The van der Waals surface area contributed by atoms with Crippen LogP contribution in [0.3, 0.4) is 0 Å². The van der Waals surface area contributed by atoms with Gasteiger partial charge in [-0.05, 0) is 42.5 Å². The van der Waals surface area contributed by atoms with Gasteiger partial charge in [-0.15, -0.1) is 11.3 Å². The standard InChI is InChI=1S/C20H19N3O2S/c1-3-22-19(24)15-10-13-12-6-4-5-7-14(12)21-16(13)17(23(15)20(22)25)18-11(2)8-9-26-18/h4-9,15,17,21H,3,10H2,1-2H3/t15-,17+/m0/s1. The van der Waals surface area contributed by atoms with Crippen molar-refractivity contribution in [3.63, 3.8) is 0 Å². The van der Waals surface area contributed by atoms with E-state index in [1.165, 1.54) is 10.5 Å². The van der Waals surface area contributed by atoms with Crippen LogP contribution in [0.2, 0.25) is 0 Å². The topological polar surface area (TPSA) is 56.4 Å². The summed E-state index contributed by atoms with van der Waals surface area (Å²) in [5, 5.41) is 3.20. The van der Waals surface area contributed by atoms with Crippen molar-refractivity contribution < 1.29 is 9.59 Å². The minimum absolute atomic E-state index is 0.0763. The largest absolute Gasteiger partial charge is 0.356 e. The number of benzene rings is 1. The van der Waals surface area contributed by atoms with Crippen molar-refractivity contribution in [3.8, 4) is 0 Å². The van der Waals surface area contributed by atoms with Crippen molar-refractivity contribution in [2.24, 2.45) is 0 Å². The lowest BCUT2D eigenvalue weighted by atomic mass is 9.91. The Morgan fingerprint density at radius 1 is 1.23 bits per heavy atom. The van der Waals surface area contributed by atoms with E-state index in [1.54, 1.807) is 16.2 Å². The highest BCUT2D eigenvalue weighted by atomic mass is 32.1. The molecule has 0 unspecified atom stereocenters. The number of rotatable bonds is 2. The Balaban J connectivity index is 1.78. The van der Waals surface area contributed by atoms with Crippen molar-refractivity contribution in [1.82, 2.24) is 14.8 Å². The predicted octanol–water partition coefficient (Wildman–Crippen LogP) is 3.84. The van der Waals surface area contributed by atoms with Gasteiger partial charge in [0.15, 0.2) is 0 Å². The summed E-state index contributed by atoms with van der Waals surface area (Å²) < 4.78 is 0. The van der Waals surface area contributed by atoms with Gasteiger partial charge in [0.05, 0.1) is 0 Å². The SMILES string of the molecule is CCN1C(=O)[C@@H]2Cc3c([nH]c4ccccc34)[C@H](c3sccc3C)N2C1=O. The molecule has 0 aliphatic carbocycles. The summed E-state index contributed by atoms with van der Waals surface area (Å²) in [4.78, 5) is 33.8. The first kappa shape index (κ1) is 15.6. The second-order valence-corrected chi connectivity index (χ2v) is 7.87. The predicted molar refractivity (Wildman–Crippen MR) is 101 cm³/mol. The number of aromatic amines is 1. The average Bonchev–Trinajstić information content (AvgIpc) is 3.29. The molecule has 0 saturated carbocycles. The molecule has 0 bridgehead atoms. The van der Waals surface area contributed by atoms with E-state index in [4.69, 9.17) is 0 Å². The number of nitrogens with one attached hydrogen (secondary N) is 1. The highest BCUT2D eigenvalue weighted by molar-refractivity contribution is 7.10. The molecule has 2 aliphatic heterocycles. The summed E-state index contributed by atoms with van der Waals surface area (Å²) in [5.41, 5.74) is 4.43. The first-order chi connectivity index (χ1) is 12.6. The Morgan fingerprint density at radius 3 is 2.77 bits per heavy atom. The number of carbonyl (C=O) groups excluding carboxylic acids is 2. The molecule has 4 heterocycles. The third kappa shape index (κ3) is 1.90. The number of carbonyl (C=O) groups is 2. The molecule has 0 spiro atoms. The molecule has 0 radical (unpaired) electrons. The van der Waals surface area contributed by atoms with E-state index < -0.39 is 6.04 Å². The normalized spacial score (nSPS) is 22.2. The molecule has 3 aromatic rings. The van der Waals surface area contributed by atoms with E-state index in [-0.39, 0.29) is 18.0 Å². The number of fused-ring (bicyclic) bond motifs is 4. The number of hydrogen-bond acceptors (Lipinski definition) is 3. The smallest absolute Gasteiger partial charge is 0.328 e. The molecular formula is C20H19N3O2S. The molecule has 5 nitrogen and oxygen atoms in total. The van der Waals surface area contributed by atoms with Crippen molar-refractivity contribution in [2.45, 2.75) is 32.4 Å². The highest BCUT2D eigenvalue weighted by Crippen LogP contribution is 2.45. The molecule has 1 N–H and O–H groups in total. The van der Waals surface area contributed by atoms with Gasteiger partial charge in [-0.25, -0.2) is 4.79 Å². The lowest BCUT2D eigenvalue weighted by Gasteiger charge is -2.35. The molecule has 1 fully saturated rings. The lowest BCUT2D eigenvalue weighted by Crippen LogP contribution is -2.44. The zero-order chi connectivity index (χ0) is 18.0. The highest BCUT2D eigenvalue weighted by Gasteiger charge is 2.52. The van der Waals surface area contributed by atoms with Gasteiger partial charge in [-0.1, -0.05) is 18.2 Å². The van der Waals surface area contributed by atoms with Crippen LogP contribution in [0.25, 0.3) is 10.9 Å². The molecule has 26 heavy (non-hydrogen) atoms. The maximum atomic E-state index is 13.0. The zero-order valence-electron chi connectivity index (χ0n) is 14.7. The molecule has 2 atom stereocenters. The van der Waals surface area contributed by atoms with Crippen LogP contribution in [0.5, 0.6) is 0 Å². The van der Waals surface area contributed by atoms with E-state index in [9.17, 15) is 9.59 Å². The van der Waals surface area contributed by atoms with Crippen molar-refractivity contribution in [3.05, 3.63) is 57.4 Å². The molecule has 5 rings (SSSR count). The van der Waals surface area contributed by atoms with Gasteiger partial charge in [-0.3, -0.25) is 14.6 Å². The fourth-order valence-electron chi connectivity index (χ4n) is 4.36. The Morgan fingerprint density at radius 2 is 2.04 bits per heavy atom. The minimum Gasteiger partial charge on any atom is -0.356 e. The fourth-order valence-corrected chi connectivity index (χ4v) is 5.39. The summed E-state index contributed by atoms with van der Waals surface area (Å²) in [7, 11) is 0. The van der Waals surface area contributed by atoms with Crippen LogP contribution in [-0.2, 0) is 11.2 Å². The van der Waals surface area contributed by atoms with Crippen LogP contribution in [0.4, 0.5) is 4.79 Å². The number of amides is 3. The number of urea groups is 1. The van der Waals surface area contributed by atoms with Crippen molar-refractivity contribution in [2.75, 3.05) is 6.54 Å². The first-order valence-electron chi connectivity index (χ1n) is 8.89. The number of likely N-dealkylation sites (N-methyl/N-ethyl adjacent to an activating group) is 1. The van der Waals surface area contributed by atoms with Crippen LogP contribution >= 0.6 is 11.3 Å². The van der Waals surface area contributed by atoms with Crippen LogP contribution in [-0.4, -0.2) is 39.3 Å². The van der Waals surface area contributed by atoms with Gasteiger partial charge in [0.25, 0.3) is 5.91 Å². The van der Waals surface area contributed by atoms with Gasteiger partial charge in [0.2, 0.25) is 0 Å². The molecule has 3 amide bonds. The van der Waals surface area contributed by atoms with Crippen LogP contribution in [0.1, 0.15) is 34.7 Å². The number of para-hydroxylation sites is 1. The second kappa shape index (κ2) is 5.45. The molecular weight excluding hydrogens is 346 g/mol. The number of aryl methyl sites for hydroxylation is 1. The molecule has 1 saturated heterocycles. The van der Waals surface area contributed by atoms with E-state index in [1.807, 2.05) is 19.1 Å². The van der Waals surface area contributed by atoms with E-state index in [2.05, 4.69) is 35.5 Å². The van der Waals surface area contributed by atoms with E-state index in [0.717, 1.165) is 27.0 Å². The Kier molecular flexibility index (Phi) is 3.28. The van der Waals surface area contributed by atoms with E-state index >= 15 is 0 Å². The van der Waals surface area contributed by atoms with Crippen molar-refractivity contribution >= 4 is 34.2 Å². The van der Waals surface area contributed by atoms with Gasteiger partial charge in [-0.2, -0.15) is 0 Å². The fraction of sp³-hybridized carbons (Fsp3) is 0.300. The van der Waals surface area contributed by atoms with Gasteiger partial charge < -0.3 is 4.98 Å². The number of hydrogen-bond donors (Lipinski definition) is 1. The average molecular weight is 365 g/mol. The second-order valence-electron chi connectivity index (χ2n) is 6.93. The number of aromatic nitrogens is 1. The summed E-state index contributed by atoms with van der Waals surface area (Å²) in [6.45, 7) is 4.33. The zero-order valence-corrected chi connectivity index (χ0v) is 15.5. The number of imide groups is 1. The summed E-state index contributed by atoms with van der Waals surface area (Å²) in [5.74, 6) is -0.0763. The summed E-state index contributed by atoms with van der Waals surface area (Å²) >= 11 is 1.65. The molecule has 1 aromatic carbocycles. The summed E-state index contributed by atoms with van der Waals surface area (Å²) in [6, 6.07) is 9.43. The van der Waals surface area contributed by atoms with Gasteiger partial charge in [0, 0.05) is 34.4 Å². The Bertz CT molecular complexity index is 1050. The molecule has 132 valence electrons. The first-order valence-corrected chi connectivity index (χ1v) is 9.77. The molecule has 2 aliphatic rings. The molecule has 2 aromatic heterocycles. The number of H-pyrrole nitrogens is 1. The monoisotopic (exact) mass is 365 g/mol. The van der Waals surface area contributed by atoms with Gasteiger partial charge >= 0.3 is 6.03 Å². The quantitative estimate of drug-likeness (QED) is 0.702. The molecule has 6 heteroatoms. The number of nitrogens with zero attached hydrogens (tertiary/aromatic N) is 2. The lowest BCUT2D eigenvalue weighted by molar-refractivity contribution is -0.128. The third-order valence-electron chi connectivity index (χ3n) is 5.60. The van der Waals surface area contributed by atoms with Gasteiger partial charge in [0.1, 0.15) is 12.1 Å². The summed E-state index contributed by atoms with van der Waals surface area (Å²) in [6.07, 6.45) is 0.571. The minimum atomic E-state index is -0.416. The number of thiophene rings is 1. The maximum Gasteiger partial charge on any atom is 0.328 e. The van der Waals surface area contributed by atoms with E-state index in [0.29, 0.717) is 13.0 Å². The van der Waals surface area contributed by atoms with Crippen LogP contribution in [0, 0.1) is 6.92 Å². The third-order valence-corrected chi connectivity index (χ3v) is 6.67. The Hall–Kier alpha value is -2.60. The van der Waals surface area contributed by atoms with Crippen molar-refractivity contribution in [1.29, 1.82) is 0 Å².